The molecule has 1 N–H and O–H groups in total. The normalized spacial score (nSPS) is 13.1. The second-order valence-corrected chi connectivity index (χ2v) is 5.14. The first kappa shape index (κ1) is 13.4. The Hall–Kier alpha value is -0.990. The molecule has 18 heavy (non-hydrogen) atoms. The summed E-state index contributed by atoms with van der Waals surface area (Å²) in [6.45, 7) is 7.37. The van der Waals surface area contributed by atoms with Crippen molar-refractivity contribution in [3.05, 3.63) is 34.5 Å². The molecule has 2 nitrogen and oxygen atoms in total. The Labute approximate surface area is 113 Å². The van der Waals surface area contributed by atoms with Gasteiger partial charge in [0.05, 0.1) is 6.04 Å². The molecular weight excluding hydrogens is 246 g/mol. The lowest BCUT2D eigenvalue weighted by Gasteiger charge is -2.13. The van der Waals surface area contributed by atoms with Crippen LogP contribution in [0.15, 0.2) is 22.6 Å². The summed E-state index contributed by atoms with van der Waals surface area (Å²) in [6, 6.07) is 6.29. The Morgan fingerprint density at radius 1 is 1.28 bits per heavy atom. The molecule has 2 rings (SSSR count). The standard InChI is InChI=1S/C15H20ClNO/c1-4-6-17-13(5-2)14-9-11-8-12(16)7-10(3)15(11)18-14/h7-9,13,17H,4-6H2,1-3H3. The molecule has 1 aromatic heterocycles. The molecule has 1 aromatic carbocycles. The van der Waals surface area contributed by atoms with E-state index < -0.39 is 0 Å². The summed E-state index contributed by atoms with van der Waals surface area (Å²) in [4.78, 5) is 0. The van der Waals surface area contributed by atoms with Crippen molar-refractivity contribution in [3.8, 4) is 0 Å². The monoisotopic (exact) mass is 265 g/mol. The molecule has 0 fully saturated rings. The van der Waals surface area contributed by atoms with Crippen molar-refractivity contribution in [2.45, 2.75) is 39.7 Å². The molecule has 0 bridgehead atoms. The van der Waals surface area contributed by atoms with E-state index in [1.165, 1.54) is 0 Å². The van der Waals surface area contributed by atoms with Crippen LogP contribution in [0.4, 0.5) is 0 Å². The van der Waals surface area contributed by atoms with E-state index in [1.54, 1.807) is 0 Å². The van der Waals surface area contributed by atoms with Gasteiger partial charge >= 0.3 is 0 Å². The molecule has 1 atom stereocenters. The van der Waals surface area contributed by atoms with Crippen LogP contribution in [0, 0.1) is 6.92 Å². The molecule has 3 heteroatoms. The lowest BCUT2D eigenvalue weighted by molar-refractivity contribution is 0.420. The van der Waals surface area contributed by atoms with Crippen molar-refractivity contribution in [1.29, 1.82) is 0 Å². The smallest absolute Gasteiger partial charge is 0.137 e. The van der Waals surface area contributed by atoms with E-state index in [4.69, 9.17) is 16.0 Å². The van der Waals surface area contributed by atoms with Crippen molar-refractivity contribution in [3.63, 3.8) is 0 Å². The van der Waals surface area contributed by atoms with Crippen LogP contribution in [0.1, 0.15) is 44.1 Å². The van der Waals surface area contributed by atoms with E-state index in [1.807, 2.05) is 19.1 Å². The van der Waals surface area contributed by atoms with Gasteiger partial charge < -0.3 is 9.73 Å². The molecule has 98 valence electrons. The minimum atomic E-state index is 0.288. The molecule has 0 aliphatic heterocycles. The van der Waals surface area contributed by atoms with Crippen molar-refractivity contribution < 1.29 is 4.42 Å². The predicted octanol–water partition coefficient (Wildman–Crippen LogP) is 4.85. The van der Waals surface area contributed by atoms with Crippen LogP contribution in [0.3, 0.4) is 0 Å². The second-order valence-electron chi connectivity index (χ2n) is 4.70. The largest absolute Gasteiger partial charge is 0.459 e. The molecule has 1 heterocycles. The highest BCUT2D eigenvalue weighted by Gasteiger charge is 2.15. The van der Waals surface area contributed by atoms with Gasteiger partial charge in [-0.3, -0.25) is 0 Å². The van der Waals surface area contributed by atoms with Crippen LogP contribution >= 0.6 is 11.6 Å². The third-order valence-electron chi connectivity index (χ3n) is 3.18. The Bertz CT molecular complexity index is 533. The van der Waals surface area contributed by atoms with Crippen molar-refractivity contribution in [1.82, 2.24) is 5.32 Å². The number of fused-ring (bicyclic) bond motifs is 1. The van der Waals surface area contributed by atoms with Crippen LogP contribution in [-0.4, -0.2) is 6.54 Å². The third-order valence-corrected chi connectivity index (χ3v) is 3.40. The number of aryl methyl sites for hydroxylation is 1. The van der Waals surface area contributed by atoms with Gasteiger partial charge in [0.25, 0.3) is 0 Å². The minimum Gasteiger partial charge on any atom is -0.459 e. The Morgan fingerprint density at radius 3 is 2.72 bits per heavy atom. The zero-order valence-electron chi connectivity index (χ0n) is 11.2. The molecule has 0 saturated heterocycles. The number of hydrogen-bond acceptors (Lipinski definition) is 2. The van der Waals surface area contributed by atoms with Crippen LogP contribution < -0.4 is 5.32 Å². The number of hydrogen-bond donors (Lipinski definition) is 1. The zero-order valence-corrected chi connectivity index (χ0v) is 12.0. The quantitative estimate of drug-likeness (QED) is 0.836. The van der Waals surface area contributed by atoms with Crippen LogP contribution in [0.5, 0.6) is 0 Å². The molecule has 0 amide bonds. The van der Waals surface area contributed by atoms with Gasteiger partial charge in [-0.1, -0.05) is 25.4 Å². The number of rotatable bonds is 5. The van der Waals surface area contributed by atoms with Gasteiger partial charge in [0.2, 0.25) is 0 Å². The summed E-state index contributed by atoms with van der Waals surface area (Å²) in [6.07, 6.45) is 2.15. The maximum absolute atomic E-state index is 6.07. The van der Waals surface area contributed by atoms with Crippen molar-refractivity contribution in [2.75, 3.05) is 6.54 Å². The molecule has 2 aromatic rings. The van der Waals surface area contributed by atoms with Gasteiger partial charge in [-0.2, -0.15) is 0 Å². The molecule has 0 saturated carbocycles. The van der Waals surface area contributed by atoms with E-state index in [2.05, 4.69) is 25.2 Å². The summed E-state index contributed by atoms with van der Waals surface area (Å²) in [5.41, 5.74) is 2.04. The summed E-state index contributed by atoms with van der Waals surface area (Å²) in [7, 11) is 0. The second kappa shape index (κ2) is 5.77. The van der Waals surface area contributed by atoms with Gasteiger partial charge in [-0.25, -0.2) is 0 Å². The first-order chi connectivity index (χ1) is 8.65. The predicted molar refractivity (Wildman–Crippen MR) is 77.3 cm³/mol. The number of furan rings is 1. The Balaban J connectivity index is 2.36. The molecule has 1 unspecified atom stereocenters. The average Bonchev–Trinajstić information content (AvgIpc) is 2.74. The lowest BCUT2D eigenvalue weighted by Crippen LogP contribution is -2.20. The third kappa shape index (κ3) is 2.70. The summed E-state index contributed by atoms with van der Waals surface area (Å²) in [5.74, 6) is 1.01. The van der Waals surface area contributed by atoms with Gasteiger partial charge in [0.1, 0.15) is 11.3 Å². The van der Waals surface area contributed by atoms with Crippen LogP contribution in [0.25, 0.3) is 11.0 Å². The molecule has 0 aliphatic carbocycles. The van der Waals surface area contributed by atoms with E-state index in [9.17, 15) is 0 Å². The maximum atomic E-state index is 6.07. The van der Waals surface area contributed by atoms with Gasteiger partial charge in [-0.15, -0.1) is 0 Å². The number of halogens is 1. The fourth-order valence-corrected chi connectivity index (χ4v) is 2.52. The fourth-order valence-electron chi connectivity index (χ4n) is 2.24. The number of benzene rings is 1. The minimum absolute atomic E-state index is 0.288. The number of nitrogens with one attached hydrogen (secondary N) is 1. The molecular formula is C15H20ClNO. The SMILES string of the molecule is CCCNC(CC)c1cc2cc(Cl)cc(C)c2o1. The first-order valence-corrected chi connectivity index (χ1v) is 6.96. The van der Waals surface area contributed by atoms with Crippen LogP contribution in [-0.2, 0) is 0 Å². The zero-order chi connectivity index (χ0) is 13.1. The van der Waals surface area contributed by atoms with Gasteiger partial charge in [0.15, 0.2) is 0 Å². The molecule has 0 spiro atoms. The lowest BCUT2D eigenvalue weighted by atomic mass is 10.1. The van der Waals surface area contributed by atoms with E-state index >= 15 is 0 Å². The highest BCUT2D eigenvalue weighted by Crippen LogP contribution is 2.30. The maximum Gasteiger partial charge on any atom is 0.137 e. The van der Waals surface area contributed by atoms with Crippen LogP contribution in [0.2, 0.25) is 5.02 Å². The topological polar surface area (TPSA) is 25.2 Å². The van der Waals surface area contributed by atoms with E-state index in [0.29, 0.717) is 0 Å². The van der Waals surface area contributed by atoms with Crippen molar-refractivity contribution in [2.24, 2.45) is 0 Å². The Morgan fingerprint density at radius 2 is 2.06 bits per heavy atom. The summed E-state index contributed by atoms with van der Waals surface area (Å²) < 4.78 is 5.98. The highest BCUT2D eigenvalue weighted by atomic mass is 35.5. The van der Waals surface area contributed by atoms with Crippen molar-refractivity contribution >= 4 is 22.6 Å². The average molecular weight is 266 g/mol. The molecule has 0 radical (unpaired) electrons. The fraction of sp³-hybridized carbons (Fsp3) is 0.467. The summed E-state index contributed by atoms with van der Waals surface area (Å²) >= 11 is 6.07. The highest BCUT2D eigenvalue weighted by molar-refractivity contribution is 6.31. The summed E-state index contributed by atoms with van der Waals surface area (Å²) in [5, 5.41) is 5.36. The van der Waals surface area contributed by atoms with E-state index in [0.717, 1.165) is 46.7 Å². The van der Waals surface area contributed by atoms with Gasteiger partial charge in [-0.05, 0) is 50.1 Å². The molecule has 0 aliphatic rings. The van der Waals surface area contributed by atoms with Gasteiger partial charge in [0, 0.05) is 10.4 Å². The first-order valence-electron chi connectivity index (χ1n) is 6.58. The van der Waals surface area contributed by atoms with E-state index in [-0.39, 0.29) is 6.04 Å². The Kier molecular flexibility index (Phi) is 4.31.